The van der Waals surface area contributed by atoms with Gasteiger partial charge < -0.3 is 5.32 Å². The molecule has 1 saturated carbocycles. The fourth-order valence-electron chi connectivity index (χ4n) is 3.37. The molecule has 1 aliphatic carbocycles. The van der Waals surface area contributed by atoms with E-state index < -0.39 is 11.6 Å². The second kappa shape index (κ2) is 5.41. The van der Waals surface area contributed by atoms with Gasteiger partial charge in [-0.1, -0.05) is 0 Å². The van der Waals surface area contributed by atoms with E-state index in [4.69, 9.17) is 0 Å². The Kier molecular flexibility index (Phi) is 3.78. The number of nitrogens with zero attached hydrogens (tertiary/aromatic N) is 1. The van der Waals surface area contributed by atoms with Crippen molar-refractivity contribution in [1.29, 1.82) is 0 Å². The minimum absolute atomic E-state index is 0.155. The Bertz CT molecular complexity index is 467. The summed E-state index contributed by atoms with van der Waals surface area (Å²) in [6.45, 7) is 5.87. The predicted molar refractivity (Wildman–Crippen MR) is 75.4 cm³/mol. The highest BCUT2D eigenvalue weighted by Crippen LogP contribution is 2.40. The van der Waals surface area contributed by atoms with E-state index in [2.05, 4.69) is 17.1 Å². The van der Waals surface area contributed by atoms with E-state index in [0.29, 0.717) is 6.54 Å². The summed E-state index contributed by atoms with van der Waals surface area (Å²) in [5, 5.41) is 3.67. The van der Waals surface area contributed by atoms with Crippen molar-refractivity contribution in [3.8, 4) is 0 Å². The van der Waals surface area contributed by atoms with Gasteiger partial charge in [-0.15, -0.1) is 0 Å². The molecule has 0 aromatic heterocycles. The van der Waals surface area contributed by atoms with Crippen LogP contribution in [-0.4, -0.2) is 30.1 Å². The van der Waals surface area contributed by atoms with Gasteiger partial charge in [-0.2, -0.15) is 0 Å². The lowest BCUT2D eigenvalue weighted by molar-refractivity contribution is 0.194. The maximum Gasteiger partial charge on any atom is 0.126 e. The summed E-state index contributed by atoms with van der Waals surface area (Å²) < 4.78 is 26.6. The largest absolute Gasteiger partial charge is 0.310 e. The Hall–Kier alpha value is -1.00. The van der Waals surface area contributed by atoms with Gasteiger partial charge in [0.2, 0.25) is 0 Å². The lowest BCUT2D eigenvalue weighted by Crippen LogP contribution is -2.50. The molecule has 1 heterocycles. The van der Waals surface area contributed by atoms with Crippen LogP contribution in [0.1, 0.15) is 31.7 Å². The third kappa shape index (κ3) is 3.18. The molecule has 0 spiro atoms. The fraction of sp³-hybridized carbons (Fsp3) is 0.625. The van der Waals surface area contributed by atoms with Gasteiger partial charge in [0.25, 0.3) is 0 Å². The Morgan fingerprint density at radius 2 is 1.95 bits per heavy atom. The molecule has 0 radical (unpaired) electrons. The van der Waals surface area contributed by atoms with Crippen LogP contribution in [0.25, 0.3) is 0 Å². The van der Waals surface area contributed by atoms with Gasteiger partial charge in [-0.05, 0) is 62.9 Å². The number of benzene rings is 1. The van der Waals surface area contributed by atoms with Crippen LogP contribution in [0.15, 0.2) is 18.2 Å². The summed E-state index contributed by atoms with van der Waals surface area (Å²) in [6.07, 6.45) is 3.68. The maximum absolute atomic E-state index is 13.3. The van der Waals surface area contributed by atoms with Gasteiger partial charge in [0.15, 0.2) is 0 Å². The summed E-state index contributed by atoms with van der Waals surface area (Å²) in [5.74, 6) is -0.219. The Morgan fingerprint density at radius 3 is 2.60 bits per heavy atom. The first kappa shape index (κ1) is 14.0. The molecule has 2 aliphatic rings. The zero-order valence-corrected chi connectivity index (χ0v) is 12.0. The Balaban J connectivity index is 1.71. The molecule has 0 amide bonds. The highest BCUT2D eigenvalue weighted by atomic mass is 19.1. The van der Waals surface area contributed by atoms with Gasteiger partial charge in [-0.3, -0.25) is 4.90 Å². The van der Waals surface area contributed by atoms with Gasteiger partial charge >= 0.3 is 0 Å². The van der Waals surface area contributed by atoms with Crippen molar-refractivity contribution in [1.82, 2.24) is 10.2 Å². The van der Waals surface area contributed by atoms with E-state index in [0.717, 1.165) is 43.6 Å². The molecule has 2 nitrogen and oxygen atoms in total. The zero-order valence-electron chi connectivity index (χ0n) is 12.0. The van der Waals surface area contributed by atoms with Crippen molar-refractivity contribution in [3.63, 3.8) is 0 Å². The molecule has 4 heteroatoms. The molecule has 3 rings (SSSR count). The maximum atomic E-state index is 13.3. The van der Waals surface area contributed by atoms with Crippen LogP contribution in [0.3, 0.4) is 0 Å². The Morgan fingerprint density at radius 1 is 1.25 bits per heavy atom. The lowest BCUT2D eigenvalue weighted by Gasteiger charge is -2.34. The third-order valence-corrected chi connectivity index (χ3v) is 4.54. The van der Waals surface area contributed by atoms with E-state index in [-0.39, 0.29) is 5.54 Å². The third-order valence-electron chi connectivity index (χ3n) is 4.54. The highest BCUT2D eigenvalue weighted by Gasteiger charge is 2.42. The van der Waals surface area contributed by atoms with E-state index in [1.165, 1.54) is 25.0 Å². The summed E-state index contributed by atoms with van der Waals surface area (Å²) in [6, 6.07) is 3.81. The Labute approximate surface area is 119 Å². The summed E-state index contributed by atoms with van der Waals surface area (Å²) >= 11 is 0. The average molecular weight is 280 g/mol. The number of nitrogens with one attached hydrogen (secondary N) is 1. The molecule has 1 aromatic rings. The molecule has 1 N–H and O–H groups in total. The van der Waals surface area contributed by atoms with Crippen LogP contribution in [0.2, 0.25) is 0 Å². The minimum atomic E-state index is -0.488. The number of hydrogen-bond donors (Lipinski definition) is 1. The predicted octanol–water partition coefficient (Wildman–Crippen LogP) is 2.93. The van der Waals surface area contributed by atoms with E-state index in [9.17, 15) is 8.78 Å². The van der Waals surface area contributed by atoms with Crippen LogP contribution in [0, 0.1) is 17.6 Å². The van der Waals surface area contributed by atoms with Gasteiger partial charge in [0, 0.05) is 24.7 Å². The smallest absolute Gasteiger partial charge is 0.126 e. The average Bonchev–Trinajstić information content (AvgIpc) is 3.16. The molecule has 1 aliphatic heterocycles. The van der Waals surface area contributed by atoms with Crippen LogP contribution >= 0.6 is 0 Å². The first-order valence-corrected chi connectivity index (χ1v) is 7.47. The monoisotopic (exact) mass is 280 g/mol. The normalized spacial score (nSPS) is 28.4. The zero-order chi connectivity index (χ0) is 14.2. The second-order valence-electron chi connectivity index (χ2n) is 6.46. The van der Waals surface area contributed by atoms with E-state index >= 15 is 0 Å². The van der Waals surface area contributed by atoms with Crippen molar-refractivity contribution in [2.24, 2.45) is 5.92 Å². The number of halogens is 2. The van der Waals surface area contributed by atoms with Crippen LogP contribution < -0.4 is 5.32 Å². The van der Waals surface area contributed by atoms with Crippen molar-refractivity contribution in [2.75, 3.05) is 19.6 Å². The molecular formula is C16H22F2N2. The molecule has 20 heavy (non-hydrogen) atoms. The molecule has 1 saturated heterocycles. The van der Waals surface area contributed by atoms with E-state index in [1.807, 2.05) is 0 Å². The molecule has 0 bridgehead atoms. The van der Waals surface area contributed by atoms with E-state index in [1.54, 1.807) is 0 Å². The van der Waals surface area contributed by atoms with Crippen molar-refractivity contribution >= 4 is 0 Å². The minimum Gasteiger partial charge on any atom is -0.310 e. The van der Waals surface area contributed by atoms with Gasteiger partial charge in [0.1, 0.15) is 11.6 Å². The molecule has 1 unspecified atom stereocenters. The standard InChI is InChI=1S/C16H22F2N2/c1-16(13-3-4-13)11-20(6-2-5-19-16)10-12-7-14(17)9-15(18)8-12/h7-9,13,19H,2-6,10-11H2,1H3. The summed E-state index contributed by atoms with van der Waals surface area (Å²) in [4.78, 5) is 2.33. The lowest BCUT2D eigenvalue weighted by atomic mass is 9.95. The van der Waals surface area contributed by atoms with Gasteiger partial charge in [-0.25, -0.2) is 8.78 Å². The van der Waals surface area contributed by atoms with Crippen LogP contribution in [0.5, 0.6) is 0 Å². The van der Waals surface area contributed by atoms with Crippen LogP contribution in [0.4, 0.5) is 8.78 Å². The fourth-order valence-corrected chi connectivity index (χ4v) is 3.37. The van der Waals surface area contributed by atoms with Crippen LogP contribution in [-0.2, 0) is 6.54 Å². The topological polar surface area (TPSA) is 15.3 Å². The molecule has 2 fully saturated rings. The highest BCUT2D eigenvalue weighted by molar-refractivity contribution is 5.18. The molecule has 1 atom stereocenters. The molecule has 110 valence electrons. The van der Waals surface area contributed by atoms with Crippen molar-refractivity contribution < 1.29 is 8.78 Å². The summed E-state index contributed by atoms with van der Waals surface area (Å²) in [5.41, 5.74) is 0.880. The second-order valence-corrected chi connectivity index (χ2v) is 6.46. The number of rotatable bonds is 3. The van der Waals surface area contributed by atoms with Crippen molar-refractivity contribution in [2.45, 2.75) is 38.3 Å². The SMILES string of the molecule is CC1(C2CC2)CN(Cc2cc(F)cc(F)c2)CCCN1. The quantitative estimate of drug-likeness (QED) is 0.916. The van der Waals surface area contributed by atoms with Crippen molar-refractivity contribution in [3.05, 3.63) is 35.4 Å². The first-order chi connectivity index (χ1) is 9.55. The molecule has 1 aromatic carbocycles. The number of hydrogen-bond acceptors (Lipinski definition) is 2. The first-order valence-electron chi connectivity index (χ1n) is 7.47. The molecular weight excluding hydrogens is 258 g/mol. The van der Waals surface area contributed by atoms with Gasteiger partial charge in [0.05, 0.1) is 0 Å². The summed E-state index contributed by atoms with van der Waals surface area (Å²) in [7, 11) is 0.